The number of aryl methyl sites for hydroxylation is 1. The van der Waals surface area contributed by atoms with Crippen molar-refractivity contribution < 1.29 is 9.53 Å². The minimum Gasteiger partial charge on any atom is -0.444 e. The molecule has 2 rings (SSSR count). The highest BCUT2D eigenvalue weighted by Crippen LogP contribution is 2.34. The minimum absolute atomic E-state index is 0.511. The molecule has 0 unspecified atom stereocenters. The summed E-state index contributed by atoms with van der Waals surface area (Å²) in [6.45, 7) is 5.44. The number of carbonyl (C=O) groups excluding carboxylic acids is 1. The van der Waals surface area contributed by atoms with E-state index in [1.54, 1.807) is 17.8 Å². The number of amides is 1. The van der Waals surface area contributed by atoms with Gasteiger partial charge in [-0.15, -0.1) is 5.10 Å². The highest BCUT2D eigenvalue weighted by atomic mass is 79.9. The molecule has 7 nitrogen and oxygen atoms in total. The Morgan fingerprint density at radius 3 is 2.73 bits per heavy atom. The number of rotatable bonds is 3. The fourth-order valence-corrected chi connectivity index (χ4v) is 2.67. The van der Waals surface area contributed by atoms with Gasteiger partial charge in [0.2, 0.25) is 5.16 Å². The van der Waals surface area contributed by atoms with Crippen molar-refractivity contribution in [1.29, 1.82) is 0 Å². The van der Waals surface area contributed by atoms with E-state index in [4.69, 9.17) is 4.74 Å². The van der Waals surface area contributed by atoms with E-state index in [2.05, 4.69) is 36.8 Å². The SMILES string of the molecule is Cn1nnnc1Sc1ccc(Br)cc1NC(=O)OC(C)(C)C. The lowest BCUT2D eigenvalue weighted by molar-refractivity contribution is 0.0635. The monoisotopic (exact) mass is 385 g/mol. The van der Waals surface area contributed by atoms with Crippen LogP contribution in [0.2, 0.25) is 0 Å². The summed E-state index contributed by atoms with van der Waals surface area (Å²) >= 11 is 4.75. The van der Waals surface area contributed by atoms with E-state index in [-0.39, 0.29) is 0 Å². The highest BCUT2D eigenvalue weighted by molar-refractivity contribution is 9.10. The van der Waals surface area contributed by atoms with Crippen LogP contribution in [-0.2, 0) is 11.8 Å². The standard InChI is InChI=1S/C13H16BrN5O2S/c1-13(2,3)21-12(20)15-9-7-8(14)5-6-10(9)22-11-16-17-18-19(11)4/h5-7H,1-4H3,(H,15,20). The fraction of sp³-hybridized carbons (Fsp3) is 0.385. The highest BCUT2D eigenvalue weighted by Gasteiger charge is 2.18. The summed E-state index contributed by atoms with van der Waals surface area (Å²) in [5.41, 5.74) is 0.0633. The van der Waals surface area contributed by atoms with Crippen LogP contribution in [0.1, 0.15) is 20.8 Å². The Hall–Kier alpha value is -1.61. The normalized spacial score (nSPS) is 11.3. The molecule has 0 aliphatic rings. The van der Waals surface area contributed by atoms with E-state index in [1.807, 2.05) is 32.9 Å². The molecule has 0 bridgehead atoms. The number of anilines is 1. The number of nitrogens with one attached hydrogen (secondary N) is 1. The third-order valence-corrected chi connectivity index (χ3v) is 3.96. The Balaban J connectivity index is 2.21. The van der Waals surface area contributed by atoms with Gasteiger partial charge in [0.25, 0.3) is 0 Å². The van der Waals surface area contributed by atoms with Crippen molar-refractivity contribution in [3.63, 3.8) is 0 Å². The molecule has 2 aromatic rings. The van der Waals surface area contributed by atoms with Gasteiger partial charge in [-0.1, -0.05) is 15.9 Å². The van der Waals surface area contributed by atoms with Crippen LogP contribution in [0.25, 0.3) is 0 Å². The van der Waals surface area contributed by atoms with Gasteiger partial charge in [-0.05, 0) is 61.2 Å². The molecule has 0 fully saturated rings. The predicted molar refractivity (Wildman–Crippen MR) is 86.9 cm³/mol. The van der Waals surface area contributed by atoms with Crippen LogP contribution in [0, 0.1) is 0 Å². The summed E-state index contributed by atoms with van der Waals surface area (Å²) in [4.78, 5) is 12.8. The Kier molecular flexibility index (Phi) is 5.07. The lowest BCUT2D eigenvalue weighted by Gasteiger charge is -2.20. The van der Waals surface area contributed by atoms with Gasteiger partial charge in [-0.3, -0.25) is 5.32 Å². The molecule has 1 heterocycles. The predicted octanol–water partition coefficient (Wildman–Crippen LogP) is 3.47. The number of carbonyl (C=O) groups is 1. The molecule has 22 heavy (non-hydrogen) atoms. The van der Waals surface area contributed by atoms with Gasteiger partial charge in [-0.25, -0.2) is 9.48 Å². The average Bonchev–Trinajstić information content (AvgIpc) is 2.76. The molecular formula is C13H16BrN5O2S. The molecule has 0 spiro atoms. The number of ether oxygens (including phenoxy) is 1. The molecule has 0 radical (unpaired) electrons. The van der Waals surface area contributed by atoms with Gasteiger partial charge in [-0.2, -0.15) is 0 Å². The van der Waals surface area contributed by atoms with Crippen molar-refractivity contribution >= 4 is 39.5 Å². The molecule has 0 atom stereocenters. The molecule has 0 saturated carbocycles. The topological polar surface area (TPSA) is 81.9 Å². The first kappa shape index (κ1) is 16.8. The maximum Gasteiger partial charge on any atom is 0.412 e. The summed E-state index contributed by atoms with van der Waals surface area (Å²) in [6, 6.07) is 5.55. The average molecular weight is 386 g/mol. The summed E-state index contributed by atoms with van der Waals surface area (Å²) in [6.07, 6.45) is -0.511. The lowest BCUT2D eigenvalue weighted by atomic mass is 10.2. The molecular weight excluding hydrogens is 370 g/mol. The number of tetrazole rings is 1. The fourth-order valence-electron chi connectivity index (χ4n) is 1.51. The van der Waals surface area contributed by atoms with E-state index in [9.17, 15) is 4.79 Å². The maximum atomic E-state index is 12.0. The van der Waals surface area contributed by atoms with Crippen LogP contribution in [-0.4, -0.2) is 31.9 Å². The van der Waals surface area contributed by atoms with E-state index >= 15 is 0 Å². The van der Waals surface area contributed by atoms with Crippen LogP contribution in [0.5, 0.6) is 0 Å². The van der Waals surface area contributed by atoms with E-state index < -0.39 is 11.7 Å². The van der Waals surface area contributed by atoms with Crippen LogP contribution < -0.4 is 5.32 Å². The van der Waals surface area contributed by atoms with Crippen molar-refractivity contribution in [2.24, 2.45) is 7.05 Å². The number of hydrogen-bond acceptors (Lipinski definition) is 6. The zero-order chi connectivity index (χ0) is 16.3. The summed E-state index contributed by atoms with van der Waals surface area (Å²) in [7, 11) is 1.75. The summed E-state index contributed by atoms with van der Waals surface area (Å²) in [5, 5.41) is 14.7. The van der Waals surface area contributed by atoms with Gasteiger partial charge in [0.1, 0.15) is 5.60 Å². The molecule has 1 aromatic heterocycles. The van der Waals surface area contributed by atoms with Crippen LogP contribution >= 0.6 is 27.7 Å². The van der Waals surface area contributed by atoms with E-state index in [0.29, 0.717) is 10.8 Å². The largest absolute Gasteiger partial charge is 0.444 e. The van der Waals surface area contributed by atoms with Crippen molar-refractivity contribution in [1.82, 2.24) is 20.2 Å². The first-order chi connectivity index (χ1) is 10.2. The van der Waals surface area contributed by atoms with Gasteiger partial charge >= 0.3 is 6.09 Å². The smallest absolute Gasteiger partial charge is 0.412 e. The van der Waals surface area contributed by atoms with Crippen LogP contribution in [0.3, 0.4) is 0 Å². The van der Waals surface area contributed by atoms with Gasteiger partial charge in [0, 0.05) is 16.4 Å². The minimum atomic E-state index is -0.559. The molecule has 118 valence electrons. The number of benzene rings is 1. The Bertz CT molecular complexity index is 683. The molecule has 1 N–H and O–H groups in total. The maximum absolute atomic E-state index is 12.0. The molecule has 9 heteroatoms. The van der Waals surface area contributed by atoms with E-state index in [0.717, 1.165) is 9.37 Å². The third kappa shape index (κ3) is 4.70. The van der Waals surface area contributed by atoms with Crippen molar-refractivity contribution in [2.75, 3.05) is 5.32 Å². The van der Waals surface area contributed by atoms with Crippen LogP contribution in [0.4, 0.5) is 10.5 Å². The first-order valence-corrected chi connectivity index (χ1v) is 8.05. The second-order valence-electron chi connectivity index (χ2n) is 5.45. The first-order valence-electron chi connectivity index (χ1n) is 6.44. The number of halogens is 1. The molecule has 0 aliphatic carbocycles. The Morgan fingerprint density at radius 1 is 1.41 bits per heavy atom. The summed E-state index contributed by atoms with van der Waals surface area (Å²) < 4.78 is 7.68. The quantitative estimate of drug-likeness (QED) is 0.870. The third-order valence-electron chi connectivity index (χ3n) is 2.36. The molecule has 1 amide bonds. The van der Waals surface area contributed by atoms with Crippen LogP contribution in [0.15, 0.2) is 32.7 Å². The number of aromatic nitrogens is 4. The molecule has 0 aliphatic heterocycles. The Morgan fingerprint density at radius 2 is 2.14 bits per heavy atom. The van der Waals surface area contributed by atoms with E-state index in [1.165, 1.54) is 11.8 Å². The zero-order valence-corrected chi connectivity index (χ0v) is 15.0. The van der Waals surface area contributed by atoms with Crippen molar-refractivity contribution in [2.45, 2.75) is 36.4 Å². The number of nitrogens with zero attached hydrogens (tertiary/aromatic N) is 4. The lowest BCUT2D eigenvalue weighted by Crippen LogP contribution is -2.27. The van der Waals surface area contributed by atoms with Crippen molar-refractivity contribution in [3.05, 3.63) is 22.7 Å². The van der Waals surface area contributed by atoms with Gasteiger partial charge in [0.15, 0.2) is 0 Å². The Labute approximate surface area is 140 Å². The van der Waals surface area contributed by atoms with Crippen molar-refractivity contribution in [3.8, 4) is 0 Å². The zero-order valence-electron chi connectivity index (χ0n) is 12.6. The number of hydrogen-bond donors (Lipinski definition) is 1. The van der Waals surface area contributed by atoms with Gasteiger partial charge < -0.3 is 4.74 Å². The second kappa shape index (κ2) is 6.66. The second-order valence-corrected chi connectivity index (χ2v) is 7.38. The van der Waals surface area contributed by atoms with Gasteiger partial charge in [0.05, 0.1) is 5.69 Å². The molecule has 1 aromatic carbocycles. The molecule has 0 saturated heterocycles. The summed E-state index contributed by atoms with van der Waals surface area (Å²) in [5.74, 6) is 0.